The summed E-state index contributed by atoms with van der Waals surface area (Å²) in [7, 11) is -2.13. The molecule has 0 unspecified atom stereocenters. The van der Waals surface area contributed by atoms with E-state index >= 15 is 0 Å². The Morgan fingerprint density at radius 2 is 1.00 bits per heavy atom. The third-order valence-electron chi connectivity index (χ3n) is 12.3. The number of cyclic esters (lactones) is 2. The molecule has 14 nitrogen and oxygen atoms in total. The zero-order chi connectivity index (χ0) is 49.4. The lowest BCUT2D eigenvalue weighted by Gasteiger charge is -2.44. The average molecular weight is 943 g/mol. The molecule has 3 N–H and O–H groups in total. The number of aliphatic hydroxyl groups excluding tert-OH is 1. The first kappa shape index (κ1) is 56.3. The number of benzene rings is 2. The van der Waals surface area contributed by atoms with Crippen molar-refractivity contribution in [3.8, 4) is 0 Å². The van der Waals surface area contributed by atoms with Gasteiger partial charge in [-0.2, -0.15) is 0 Å². The third kappa shape index (κ3) is 17.9. The first-order valence-corrected chi connectivity index (χ1v) is 25.9. The molecule has 2 aliphatic rings. The molecule has 2 fully saturated rings. The molecule has 372 valence electrons. The van der Waals surface area contributed by atoms with Crippen LogP contribution < -0.4 is 10.6 Å². The second kappa shape index (κ2) is 25.9. The summed E-state index contributed by atoms with van der Waals surface area (Å²) in [5, 5.41) is 15.1. The minimum atomic E-state index is -2.13. The predicted octanol–water partition coefficient (Wildman–Crippen LogP) is 8.82. The average Bonchev–Trinajstić information content (AvgIpc) is 3.28. The van der Waals surface area contributed by atoms with E-state index in [1.165, 1.54) is 5.56 Å². The first-order chi connectivity index (χ1) is 30.9. The van der Waals surface area contributed by atoms with E-state index in [-0.39, 0.29) is 43.5 Å². The number of ether oxygens (including phenoxy) is 6. The van der Waals surface area contributed by atoms with Gasteiger partial charge in [-0.05, 0) is 108 Å². The van der Waals surface area contributed by atoms with Crippen molar-refractivity contribution in [2.45, 2.75) is 162 Å². The fourth-order valence-electron chi connectivity index (χ4n) is 9.19. The maximum absolute atomic E-state index is 13.2. The summed E-state index contributed by atoms with van der Waals surface area (Å²) < 4.78 is 40.9. The van der Waals surface area contributed by atoms with Crippen LogP contribution in [-0.2, 0) is 55.3 Å². The normalized spacial score (nSPS) is 24.8. The fourth-order valence-corrected chi connectivity index (χ4v) is 14.7. The monoisotopic (exact) mass is 943 g/mol. The van der Waals surface area contributed by atoms with E-state index in [0.717, 1.165) is 12.0 Å². The molecule has 2 saturated heterocycles. The maximum Gasteiger partial charge on any atom is 0.408 e. The van der Waals surface area contributed by atoms with Gasteiger partial charge in [0, 0.05) is 25.0 Å². The number of hydrogen-bond donors (Lipinski definition) is 3. The molecule has 15 heteroatoms. The second-order valence-electron chi connectivity index (χ2n) is 20.8. The van der Waals surface area contributed by atoms with Crippen LogP contribution in [0.4, 0.5) is 9.59 Å². The van der Waals surface area contributed by atoms with E-state index in [0.29, 0.717) is 42.9 Å². The molecule has 0 radical (unpaired) electrons. The highest BCUT2D eigenvalue weighted by Gasteiger charge is 2.47. The lowest BCUT2D eigenvalue weighted by atomic mass is 9.84. The van der Waals surface area contributed by atoms with Crippen LogP contribution in [0.15, 0.2) is 60.7 Å². The Kier molecular flexibility index (Phi) is 22.1. The quantitative estimate of drug-likeness (QED) is 0.0990. The van der Waals surface area contributed by atoms with Crippen molar-refractivity contribution in [3.05, 3.63) is 71.8 Å². The van der Waals surface area contributed by atoms with Crippen LogP contribution in [0, 0.1) is 23.7 Å². The Labute approximate surface area is 396 Å². The minimum Gasteiger partial charge on any atom is -0.461 e. The zero-order valence-electron chi connectivity index (χ0n) is 42.2. The number of carbonyl (C=O) groups is 4. The predicted molar refractivity (Wildman–Crippen MR) is 257 cm³/mol. The highest BCUT2D eigenvalue weighted by Crippen LogP contribution is 2.43. The summed E-state index contributed by atoms with van der Waals surface area (Å²) in [5.74, 6) is -1.42. The smallest absolute Gasteiger partial charge is 0.408 e. The molecular formula is C51H82N2O12Si. The standard InChI is InChI=1S/C30H51NO6Si.C21H31NO6/c1-20(2)38(21(3)4,22(5)6)35-18-26-23(7)36-28(32)27(31-29(33)37-30(8,9)10)19-34-17-25(26)16-24-14-12-11-13-15-24;1-14-17(11-23)16(10-15-8-6-5-7-9-15)12-26-13-18(19(24)27-14)22-20(25)28-21(2,3)4/h11-15,20-23,25-27H,16-19H2,1-10H3,(H,31,33);5-9,14,16-18,23H,10-13H2,1-4H3,(H,22,25)/t23-,25-,26-,27-;14-,16-,17-,18-/m00/s1. The molecule has 0 bridgehead atoms. The van der Waals surface area contributed by atoms with E-state index in [2.05, 4.69) is 64.3 Å². The Hall–Kier alpha value is -4.02. The molecule has 4 rings (SSSR count). The van der Waals surface area contributed by atoms with Gasteiger partial charge >= 0.3 is 24.1 Å². The van der Waals surface area contributed by atoms with Crippen LogP contribution >= 0.6 is 0 Å². The summed E-state index contributed by atoms with van der Waals surface area (Å²) in [6, 6.07) is 18.3. The van der Waals surface area contributed by atoms with Crippen molar-refractivity contribution in [2.24, 2.45) is 23.7 Å². The lowest BCUT2D eigenvalue weighted by molar-refractivity contribution is -0.155. The van der Waals surface area contributed by atoms with Gasteiger partial charge in [0.15, 0.2) is 20.4 Å². The van der Waals surface area contributed by atoms with Gasteiger partial charge in [-0.15, -0.1) is 0 Å². The summed E-state index contributed by atoms with van der Waals surface area (Å²) in [5.41, 5.74) is 2.31. The van der Waals surface area contributed by atoms with Crippen LogP contribution in [0.25, 0.3) is 0 Å². The van der Waals surface area contributed by atoms with Crippen molar-refractivity contribution < 1.29 is 57.1 Å². The van der Waals surface area contributed by atoms with Gasteiger partial charge in [-0.1, -0.05) is 102 Å². The Morgan fingerprint density at radius 1 is 0.636 bits per heavy atom. The van der Waals surface area contributed by atoms with Gasteiger partial charge in [0.25, 0.3) is 0 Å². The Morgan fingerprint density at radius 3 is 1.35 bits per heavy atom. The summed E-state index contributed by atoms with van der Waals surface area (Å²) in [6.45, 7) is 29.0. The van der Waals surface area contributed by atoms with E-state index in [1.807, 2.05) is 55.5 Å². The Bertz CT molecular complexity index is 1760. The molecule has 2 aromatic rings. The molecule has 2 amide bonds. The van der Waals surface area contributed by atoms with E-state index in [4.69, 9.17) is 32.8 Å². The number of rotatable bonds is 13. The van der Waals surface area contributed by atoms with Crippen LogP contribution in [0.1, 0.15) is 108 Å². The molecule has 2 heterocycles. The lowest BCUT2D eigenvalue weighted by Crippen LogP contribution is -2.50. The van der Waals surface area contributed by atoms with Gasteiger partial charge in [0.1, 0.15) is 23.4 Å². The first-order valence-electron chi connectivity index (χ1n) is 23.7. The highest BCUT2D eigenvalue weighted by atomic mass is 28.4. The highest BCUT2D eigenvalue weighted by molar-refractivity contribution is 6.77. The molecule has 0 spiro atoms. The molecular weight excluding hydrogens is 861 g/mol. The number of nitrogens with one attached hydrogen (secondary N) is 2. The number of amides is 2. The third-order valence-corrected chi connectivity index (χ3v) is 18.4. The second-order valence-corrected chi connectivity index (χ2v) is 26.3. The number of hydrogen-bond acceptors (Lipinski definition) is 12. The van der Waals surface area contributed by atoms with E-state index < -0.39 is 67.9 Å². The molecule has 66 heavy (non-hydrogen) atoms. The number of esters is 2. The number of carbonyl (C=O) groups excluding carboxylic acids is 4. The Balaban J connectivity index is 0.000000367. The van der Waals surface area contributed by atoms with Crippen LogP contribution in [0.2, 0.25) is 16.6 Å². The van der Waals surface area contributed by atoms with Crippen molar-refractivity contribution in [1.82, 2.24) is 10.6 Å². The van der Waals surface area contributed by atoms with Crippen molar-refractivity contribution in [1.29, 1.82) is 0 Å². The van der Waals surface area contributed by atoms with Gasteiger partial charge < -0.3 is 48.6 Å². The summed E-state index contributed by atoms with van der Waals surface area (Å²) >= 11 is 0. The largest absolute Gasteiger partial charge is 0.461 e. The van der Waals surface area contributed by atoms with Gasteiger partial charge in [-0.25, -0.2) is 19.2 Å². The summed E-state index contributed by atoms with van der Waals surface area (Å²) in [4.78, 5) is 50.1. The van der Waals surface area contributed by atoms with Crippen LogP contribution in [-0.4, -0.2) is 113 Å². The van der Waals surface area contributed by atoms with Gasteiger partial charge in [0.2, 0.25) is 0 Å². The van der Waals surface area contributed by atoms with Crippen molar-refractivity contribution >= 4 is 32.4 Å². The minimum absolute atomic E-state index is 0.0196. The van der Waals surface area contributed by atoms with Crippen molar-refractivity contribution in [2.75, 3.05) is 39.6 Å². The summed E-state index contributed by atoms with van der Waals surface area (Å²) in [6.07, 6.45) is -0.838. The molecule has 0 saturated carbocycles. The molecule has 2 aliphatic heterocycles. The van der Waals surface area contributed by atoms with Gasteiger partial charge in [-0.3, -0.25) is 0 Å². The molecule has 8 atom stereocenters. The molecule has 0 aliphatic carbocycles. The molecule has 0 aromatic heterocycles. The van der Waals surface area contributed by atoms with Gasteiger partial charge in [0.05, 0.1) is 26.4 Å². The van der Waals surface area contributed by atoms with E-state index in [1.54, 1.807) is 48.5 Å². The maximum atomic E-state index is 13.2. The van der Waals surface area contributed by atoms with Crippen LogP contribution in [0.3, 0.4) is 0 Å². The molecule has 2 aromatic carbocycles. The number of aliphatic hydroxyl groups is 1. The number of alkyl carbamates (subject to hydrolysis) is 2. The SMILES string of the molecule is CC(C)[Si](OC[C@@H]1[C@@H](Cc2ccccc2)COC[C@H](NC(=O)OC(C)(C)C)C(=O)O[C@H]1C)(C(C)C)C(C)C.C[C@@H]1OC(=O)[C@@H](NC(=O)OC(C)(C)C)COC[C@H](Cc2ccccc2)[C@H]1CO. The topological polar surface area (TPSA) is 177 Å². The zero-order valence-corrected chi connectivity index (χ0v) is 43.2. The van der Waals surface area contributed by atoms with E-state index in [9.17, 15) is 24.3 Å². The van der Waals surface area contributed by atoms with Crippen molar-refractivity contribution in [3.63, 3.8) is 0 Å². The fraction of sp³-hybridized carbons (Fsp3) is 0.686. The van der Waals surface area contributed by atoms with Crippen LogP contribution in [0.5, 0.6) is 0 Å².